The molecule has 0 spiro atoms. The fraction of sp³-hybridized carbons (Fsp3) is 0.409. The highest BCUT2D eigenvalue weighted by atomic mass is 79.9. The summed E-state index contributed by atoms with van der Waals surface area (Å²) in [5.41, 5.74) is 0.585. The molecule has 1 aliphatic heterocycles. The number of nitrogens with one attached hydrogen (secondary N) is 2. The topological polar surface area (TPSA) is 102 Å². The van der Waals surface area contributed by atoms with Crippen LogP contribution in [0.2, 0.25) is 0 Å². The van der Waals surface area contributed by atoms with E-state index in [1.54, 1.807) is 32.9 Å². The summed E-state index contributed by atoms with van der Waals surface area (Å²) in [6, 6.07) is 6.92. The Morgan fingerprint density at radius 3 is 2.53 bits per heavy atom. The molecular formula is C22H27BrN4O5. The van der Waals surface area contributed by atoms with Crippen LogP contribution in [0, 0.1) is 0 Å². The third kappa shape index (κ3) is 6.33. The second-order valence-electron chi connectivity index (χ2n) is 8.14. The van der Waals surface area contributed by atoms with Crippen LogP contribution in [0.5, 0.6) is 11.5 Å². The molecule has 0 radical (unpaired) electrons. The van der Waals surface area contributed by atoms with Crippen molar-refractivity contribution in [3.05, 3.63) is 40.5 Å². The third-order valence-corrected chi connectivity index (χ3v) is 5.12. The Morgan fingerprint density at radius 1 is 1.16 bits per heavy atom. The second-order valence-corrected chi connectivity index (χ2v) is 8.99. The lowest BCUT2D eigenvalue weighted by Gasteiger charge is -2.30. The number of benzene rings is 1. The highest BCUT2D eigenvalue weighted by Gasteiger charge is 2.20. The van der Waals surface area contributed by atoms with E-state index in [9.17, 15) is 9.59 Å². The van der Waals surface area contributed by atoms with Gasteiger partial charge in [0.25, 0.3) is 0 Å². The maximum atomic E-state index is 12.3. The highest BCUT2D eigenvalue weighted by Crippen LogP contribution is 2.35. The number of anilines is 2. The molecule has 0 saturated carbocycles. The van der Waals surface area contributed by atoms with Gasteiger partial charge in [-0.05, 0) is 48.8 Å². The van der Waals surface area contributed by atoms with Crippen molar-refractivity contribution in [1.82, 2.24) is 10.3 Å². The summed E-state index contributed by atoms with van der Waals surface area (Å²) in [6.45, 7) is 8.77. The fourth-order valence-corrected chi connectivity index (χ4v) is 3.38. The molecule has 2 heterocycles. The van der Waals surface area contributed by atoms with Gasteiger partial charge in [-0.15, -0.1) is 0 Å². The largest absolute Gasteiger partial charge is 0.465 e. The Hall–Kier alpha value is -2.85. The van der Waals surface area contributed by atoms with Crippen LogP contribution in [-0.4, -0.2) is 55.9 Å². The summed E-state index contributed by atoms with van der Waals surface area (Å²) < 4.78 is 16.8. The van der Waals surface area contributed by atoms with E-state index < -0.39 is 17.7 Å². The van der Waals surface area contributed by atoms with E-state index in [1.165, 1.54) is 13.3 Å². The first-order valence-electron chi connectivity index (χ1n) is 10.2. The maximum Gasteiger partial charge on any atom is 0.413 e. The van der Waals surface area contributed by atoms with Gasteiger partial charge in [-0.1, -0.05) is 0 Å². The number of halogens is 1. The van der Waals surface area contributed by atoms with E-state index in [0.29, 0.717) is 16.0 Å². The first-order valence-corrected chi connectivity index (χ1v) is 11.0. The number of hydrogen-bond acceptors (Lipinski definition) is 8. The zero-order valence-corrected chi connectivity index (χ0v) is 20.1. The van der Waals surface area contributed by atoms with Gasteiger partial charge in [0.1, 0.15) is 28.5 Å². The standard InChI is InChI=1S/C22H27BrN4O5/c1-22(2,3)32-21(29)26-19-12-18(16(23)13-25-19)31-17-11-14(27-9-7-24-8-10-27)5-6-15(17)20(28)30-4/h5-6,11-13,24H,7-10H2,1-4H3,(H,25,26,29). The molecule has 1 amide bonds. The van der Waals surface area contributed by atoms with Crippen LogP contribution < -0.4 is 20.3 Å². The summed E-state index contributed by atoms with van der Waals surface area (Å²) in [5, 5.41) is 5.90. The predicted molar refractivity (Wildman–Crippen MR) is 125 cm³/mol. The Kier molecular flexibility index (Phi) is 7.57. The van der Waals surface area contributed by atoms with Gasteiger partial charge >= 0.3 is 12.1 Å². The lowest BCUT2D eigenvalue weighted by Crippen LogP contribution is -2.43. The smallest absolute Gasteiger partial charge is 0.413 e. The number of amides is 1. The van der Waals surface area contributed by atoms with Crippen LogP contribution in [0.4, 0.5) is 16.3 Å². The fourth-order valence-electron chi connectivity index (χ4n) is 3.09. The number of methoxy groups -OCH3 is 1. The number of esters is 1. The molecule has 0 atom stereocenters. The number of carbonyl (C=O) groups is 2. The van der Waals surface area contributed by atoms with E-state index in [-0.39, 0.29) is 11.4 Å². The average molecular weight is 507 g/mol. The highest BCUT2D eigenvalue weighted by molar-refractivity contribution is 9.10. The summed E-state index contributed by atoms with van der Waals surface area (Å²) in [7, 11) is 1.32. The lowest BCUT2D eigenvalue weighted by molar-refractivity contribution is 0.0595. The molecule has 2 aromatic rings. The number of nitrogens with zero attached hydrogens (tertiary/aromatic N) is 2. The molecule has 172 valence electrons. The molecule has 32 heavy (non-hydrogen) atoms. The molecule has 0 unspecified atom stereocenters. The Morgan fingerprint density at radius 2 is 1.88 bits per heavy atom. The Balaban J connectivity index is 1.88. The van der Waals surface area contributed by atoms with Gasteiger partial charge in [-0.2, -0.15) is 0 Å². The van der Waals surface area contributed by atoms with Crippen molar-refractivity contribution >= 4 is 39.5 Å². The van der Waals surface area contributed by atoms with Gasteiger partial charge in [0.15, 0.2) is 0 Å². The summed E-state index contributed by atoms with van der Waals surface area (Å²) in [5.74, 6) is 0.441. The number of carbonyl (C=O) groups excluding carboxylic acids is 2. The van der Waals surface area contributed by atoms with E-state index in [2.05, 4.69) is 36.4 Å². The normalized spacial score (nSPS) is 14.0. The SMILES string of the molecule is COC(=O)c1ccc(N2CCNCC2)cc1Oc1cc(NC(=O)OC(C)(C)C)ncc1Br. The summed E-state index contributed by atoms with van der Waals surface area (Å²) in [4.78, 5) is 30.8. The van der Waals surface area contributed by atoms with Crippen molar-refractivity contribution in [3.63, 3.8) is 0 Å². The number of piperazine rings is 1. The molecule has 10 heteroatoms. The van der Waals surface area contributed by atoms with E-state index in [0.717, 1.165) is 31.9 Å². The predicted octanol–water partition coefficient (Wildman–Crippen LogP) is 4.18. The minimum absolute atomic E-state index is 0.246. The Bertz CT molecular complexity index is 987. The number of pyridine rings is 1. The number of hydrogen-bond donors (Lipinski definition) is 2. The summed E-state index contributed by atoms with van der Waals surface area (Å²) >= 11 is 3.41. The van der Waals surface area contributed by atoms with E-state index >= 15 is 0 Å². The number of aromatic nitrogens is 1. The van der Waals surface area contributed by atoms with Gasteiger partial charge in [0, 0.05) is 50.2 Å². The molecule has 2 N–H and O–H groups in total. The van der Waals surface area contributed by atoms with Crippen LogP contribution in [0.15, 0.2) is 34.9 Å². The number of ether oxygens (including phenoxy) is 3. The van der Waals surface area contributed by atoms with Gasteiger partial charge in [-0.3, -0.25) is 5.32 Å². The van der Waals surface area contributed by atoms with E-state index in [1.807, 2.05) is 12.1 Å². The van der Waals surface area contributed by atoms with Gasteiger partial charge in [0.05, 0.1) is 11.6 Å². The van der Waals surface area contributed by atoms with Crippen molar-refractivity contribution in [3.8, 4) is 11.5 Å². The summed E-state index contributed by atoms with van der Waals surface area (Å²) in [6.07, 6.45) is 0.870. The zero-order valence-electron chi connectivity index (χ0n) is 18.5. The first-order chi connectivity index (χ1) is 15.2. The second kappa shape index (κ2) is 10.2. The van der Waals surface area contributed by atoms with Crippen LogP contribution >= 0.6 is 15.9 Å². The molecule has 0 bridgehead atoms. The van der Waals surface area contributed by atoms with Gasteiger partial charge in [-0.25, -0.2) is 14.6 Å². The van der Waals surface area contributed by atoms with Gasteiger partial charge in [0.2, 0.25) is 0 Å². The lowest BCUT2D eigenvalue weighted by atomic mass is 10.1. The minimum atomic E-state index is -0.640. The molecule has 1 fully saturated rings. The molecule has 9 nitrogen and oxygen atoms in total. The van der Waals surface area contributed by atoms with Crippen LogP contribution in [0.3, 0.4) is 0 Å². The average Bonchev–Trinajstić information content (AvgIpc) is 2.75. The monoisotopic (exact) mass is 506 g/mol. The van der Waals surface area contributed by atoms with Crippen LogP contribution in [0.1, 0.15) is 31.1 Å². The molecule has 1 aromatic heterocycles. The maximum absolute atomic E-state index is 12.3. The molecule has 1 aliphatic rings. The molecular weight excluding hydrogens is 480 g/mol. The third-order valence-electron chi connectivity index (χ3n) is 4.52. The quantitative estimate of drug-likeness (QED) is 0.582. The van der Waals surface area contributed by atoms with E-state index in [4.69, 9.17) is 14.2 Å². The number of rotatable bonds is 5. The Labute approximate surface area is 195 Å². The van der Waals surface area contributed by atoms with Crippen molar-refractivity contribution in [1.29, 1.82) is 0 Å². The van der Waals surface area contributed by atoms with Crippen molar-refractivity contribution in [2.45, 2.75) is 26.4 Å². The first kappa shape index (κ1) is 23.8. The van der Waals surface area contributed by atoms with Crippen molar-refractivity contribution in [2.75, 3.05) is 43.5 Å². The molecule has 3 rings (SSSR count). The van der Waals surface area contributed by atoms with Crippen molar-refractivity contribution in [2.24, 2.45) is 0 Å². The zero-order chi connectivity index (χ0) is 23.3. The van der Waals surface area contributed by atoms with Crippen LogP contribution in [0.25, 0.3) is 0 Å². The van der Waals surface area contributed by atoms with Crippen LogP contribution in [-0.2, 0) is 9.47 Å². The molecule has 0 aliphatic carbocycles. The van der Waals surface area contributed by atoms with Gasteiger partial charge < -0.3 is 24.4 Å². The minimum Gasteiger partial charge on any atom is -0.465 e. The molecule has 1 saturated heterocycles. The molecule has 1 aromatic carbocycles. The van der Waals surface area contributed by atoms with Crippen molar-refractivity contribution < 1.29 is 23.8 Å².